The molecule has 0 aliphatic heterocycles. The van der Waals surface area contributed by atoms with Crippen molar-refractivity contribution in [3.05, 3.63) is 325 Å². The predicted molar refractivity (Wildman–Crippen MR) is 327 cm³/mol. The predicted octanol–water partition coefficient (Wildman–Crippen LogP) is 18.9. The molecule has 0 saturated heterocycles. The maximum absolute atomic E-state index is 5.54. The minimum atomic E-state index is 0.000466. The van der Waals surface area contributed by atoms with Crippen molar-refractivity contribution in [1.29, 1.82) is 0 Å². The molecular formula is C76H50N4. The van der Waals surface area contributed by atoms with Gasteiger partial charge in [0.15, 0.2) is 11.6 Å². The lowest BCUT2D eigenvalue weighted by molar-refractivity contribution is 0.754. The molecule has 3 aliphatic rings. The summed E-state index contributed by atoms with van der Waals surface area (Å²) in [5.41, 5.74) is 26.6. The third kappa shape index (κ3) is 8.42. The molecule has 2 bridgehead atoms. The molecule has 0 N–H and O–H groups in total. The highest BCUT2D eigenvalue weighted by Crippen LogP contribution is 2.57. The fourth-order valence-electron chi connectivity index (χ4n) is 12.3. The Morgan fingerprint density at radius 1 is 0.175 bits per heavy atom. The Labute approximate surface area is 466 Å². The number of nitrogens with zero attached hydrogens (tertiary/aromatic N) is 4. The summed E-state index contributed by atoms with van der Waals surface area (Å²) in [5.74, 6) is 1.38. The van der Waals surface area contributed by atoms with Crippen LogP contribution in [0.1, 0.15) is 45.2 Å². The Balaban J connectivity index is 0.871. The van der Waals surface area contributed by atoms with Crippen LogP contribution < -0.4 is 0 Å². The molecule has 374 valence electrons. The molecule has 0 radical (unpaired) electrons. The summed E-state index contributed by atoms with van der Waals surface area (Å²) in [6.07, 6.45) is 0. The SMILES string of the molecule is c1ccc(-c2ccc(-c3ccccc3)c(-c3cc(-c4ccccc4)nc(-c4ccc5c(c4)C4c6ccccc6C5c5cc(-c6nc(-c7ccccc7)cc(-c7cc(-c8ccccc8)ccc7-c7ccccc7)n6)ccc54)n3)c2)cc1. The summed E-state index contributed by atoms with van der Waals surface area (Å²) in [5, 5.41) is 0. The Bertz CT molecular complexity index is 4160. The van der Waals surface area contributed by atoms with Crippen molar-refractivity contribution in [3.63, 3.8) is 0 Å². The first-order valence-corrected chi connectivity index (χ1v) is 27.4. The molecule has 2 atom stereocenters. The normalized spacial score (nSPS) is 13.8. The van der Waals surface area contributed by atoms with Crippen molar-refractivity contribution < 1.29 is 0 Å². The Kier molecular flexibility index (Phi) is 11.6. The van der Waals surface area contributed by atoms with Gasteiger partial charge in [0, 0.05) is 45.2 Å². The summed E-state index contributed by atoms with van der Waals surface area (Å²) in [6, 6.07) is 104. The number of rotatable bonds is 10. The lowest BCUT2D eigenvalue weighted by Crippen LogP contribution is -2.27. The fraction of sp³-hybridized carbons (Fsp3) is 0.0263. The van der Waals surface area contributed by atoms with Gasteiger partial charge < -0.3 is 0 Å². The molecule has 0 spiro atoms. The Hall–Kier alpha value is -10.4. The minimum absolute atomic E-state index is 0.000466. The van der Waals surface area contributed by atoms with Crippen LogP contribution >= 0.6 is 0 Å². The van der Waals surface area contributed by atoms with Crippen LogP contribution in [-0.2, 0) is 0 Å². The summed E-state index contributed by atoms with van der Waals surface area (Å²) in [7, 11) is 0. The first-order chi connectivity index (χ1) is 39.6. The van der Waals surface area contributed by atoms with Crippen LogP contribution in [0.15, 0.2) is 291 Å². The van der Waals surface area contributed by atoms with E-state index in [1.54, 1.807) is 0 Å². The third-order valence-electron chi connectivity index (χ3n) is 16.1. The minimum Gasteiger partial charge on any atom is -0.228 e. The van der Waals surface area contributed by atoms with Gasteiger partial charge in [-0.2, -0.15) is 0 Å². The number of hydrogen-bond acceptors (Lipinski definition) is 4. The lowest BCUT2D eigenvalue weighted by atomic mass is 9.61. The smallest absolute Gasteiger partial charge is 0.160 e. The van der Waals surface area contributed by atoms with Crippen molar-refractivity contribution in [1.82, 2.24) is 19.9 Å². The zero-order valence-electron chi connectivity index (χ0n) is 43.7. The van der Waals surface area contributed by atoms with Gasteiger partial charge in [-0.1, -0.05) is 255 Å². The highest BCUT2D eigenvalue weighted by Gasteiger charge is 2.41. The fourth-order valence-corrected chi connectivity index (χ4v) is 12.3. The molecule has 3 aliphatic carbocycles. The third-order valence-corrected chi connectivity index (χ3v) is 16.1. The number of hydrogen-bond donors (Lipinski definition) is 0. The molecule has 0 fully saturated rings. The van der Waals surface area contributed by atoms with Gasteiger partial charge in [-0.15, -0.1) is 0 Å². The highest BCUT2D eigenvalue weighted by atomic mass is 14.9. The summed E-state index contributed by atoms with van der Waals surface area (Å²) < 4.78 is 0. The molecule has 2 unspecified atom stereocenters. The van der Waals surface area contributed by atoms with E-state index in [0.29, 0.717) is 11.6 Å². The average molecular weight is 1020 g/mol. The van der Waals surface area contributed by atoms with E-state index >= 15 is 0 Å². The molecule has 16 rings (SSSR count). The zero-order valence-corrected chi connectivity index (χ0v) is 43.7. The topological polar surface area (TPSA) is 51.6 Å². The van der Waals surface area contributed by atoms with Crippen LogP contribution in [-0.4, -0.2) is 19.9 Å². The first-order valence-electron chi connectivity index (χ1n) is 27.4. The van der Waals surface area contributed by atoms with E-state index in [0.717, 1.165) is 101 Å². The first kappa shape index (κ1) is 46.8. The number of aromatic nitrogens is 4. The van der Waals surface area contributed by atoms with E-state index in [-0.39, 0.29) is 11.8 Å². The average Bonchev–Trinajstić information content (AvgIpc) is 3.68. The second-order valence-corrected chi connectivity index (χ2v) is 20.8. The van der Waals surface area contributed by atoms with Crippen molar-refractivity contribution in [2.24, 2.45) is 0 Å². The quantitative estimate of drug-likeness (QED) is 0.137. The maximum Gasteiger partial charge on any atom is 0.160 e. The molecule has 0 amide bonds. The van der Waals surface area contributed by atoms with Crippen LogP contribution in [0.4, 0.5) is 0 Å². The van der Waals surface area contributed by atoms with E-state index in [1.165, 1.54) is 33.4 Å². The van der Waals surface area contributed by atoms with Crippen LogP contribution in [0.2, 0.25) is 0 Å². The van der Waals surface area contributed by atoms with Crippen LogP contribution in [0.3, 0.4) is 0 Å². The van der Waals surface area contributed by atoms with Crippen molar-refractivity contribution in [3.8, 4) is 112 Å². The largest absolute Gasteiger partial charge is 0.228 e. The monoisotopic (exact) mass is 1020 g/mol. The van der Waals surface area contributed by atoms with Gasteiger partial charge in [-0.25, -0.2) is 19.9 Å². The van der Waals surface area contributed by atoms with Crippen LogP contribution in [0.5, 0.6) is 0 Å². The van der Waals surface area contributed by atoms with Gasteiger partial charge in [-0.05, 0) is 114 Å². The van der Waals surface area contributed by atoms with Gasteiger partial charge in [-0.3, -0.25) is 0 Å². The van der Waals surface area contributed by atoms with Crippen LogP contribution in [0.25, 0.3) is 112 Å². The molecule has 11 aromatic carbocycles. The van der Waals surface area contributed by atoms with Gasteiger partial charge in [0.2, 0.25) is 0 Å². The van der Waals surface area contributed by atoms with Gasteiger partial charge in [0.1, 0.15) is 0 Å². The van der Waals surface area contributed by atoms with Crippen LogP contribution in [0, 0.1) is 0 Å². The second kappa shape index (κ2) is 19.9. The molecule has 4 heteroatoms. The molecule has 4 nitrogen and oxygen atoms in total. The molecule has 2 aromatic heterocycles. The van der Waals surface area contributed by atoms with E-state index in [1.807, 2.05) is 0 Å². The Morgan fingerprint density at radius 3 is 0.850 bits per heavy atom. The van der Waals surface area contributed by atoms with E-state index in [9.17, 15) is 0 Å². The standard InChI is InChI=1S/C76H50N4/c1-7-21-49(22-8-1)55-35-39-59(51-25-11-3-12-26-51)65(43-55)71-47-69(53-29-15-5-16-30-53)77-75(79-71)57-37-41-63-67(45-57)73-61-33-19-20-34-62(61)74(63)68-46-58(38-42-64(68)73)76-78-70(54-31-17-6-18-32-54)48-72(80-76)66-44-56(50-23-9-2-10-24-50)36-40-60(66)52-27-13-4-14-28-52/h1-48,73-74H. The molecule has 2 heterocycles. The molecule has 13 aromatic rings. The molecule has 0 saturated carbocycles. The number of benzene rings is 11. The molecular weight excluding hydrogens is 969 g/mol. The van der Waals surface area contributed by atoms with Gasteiger partial charge >= 0.3 is 0 Å². The lowest BCUT2D eigenvalue weighted by Gasteiger charge is -2.42. The van der Waals surface area contributed by atoms with E-state index in [2.05, 4.69) is 291 Å². The molecule has 80 heavy (non-hydrogen) atoms. The maximum atomic E-state index is 5.54. The van der Waals surface area contributed by atoms with Crippen molar-refractivity contribution in [2.75, 3.05) is 0 Å². The van der Waals surface area contributed by atoms with E-state index < -0.39 is 0 Å². The summed E-state index contributed by atoms with van der Waals surface area (Å²) >= 11 is 0. The Morgan fingerprint density at radius 2 is 0.475 bits per heavy atom. The second-order valence-electron chi connectivity index (χ2n) is 20.8. The van der Waals surface area contributed by atoms with Gasteiger partial charge in [0.25, 0.3) is 0 Å². The summed E-state index contributed by atoms with van der Waals surface area (Å²) in [4.78, 5) is 21.9. The highest BCUT2D eigenvalue weighted by molar-refractivity contribution is 5.90. The summed E-state index contributed by atoms with van der Waals surface area (Å²) in [6.45, 7) is 0. The van der Waals surface area contributed by atoms with Gasteiger partial charge in [0.05, 0.1) is 22.8 Å². The van der Waals surface area contributed by atoms with E-state index in [4.69, 9.17) is 19.9 Å². The zero-order chi connectivity index (χ0) is 52.9. The van der Waals surface area contributed by atoms with Crippen molar-refractivity contribution >= 4 is 0 Å². The van der Waals surface area contributed by atoms with Crippen molar-refractivity contribution in [2.45, 2.75) is 11.8 Å².